The summed E-state index contributed by atoms with van der Waals surface area (Å²) in [4.78, 5) is 39.6. The van der Waals surface area contributed by atoms with Gasteiger partial charge >= 0.3 is 5.97 Å². The first-order valence-electron chi connectivity index (χ1n) is 9.34. The Labute approximate surface area is 188 Å². The highest BCUT2D eigenvalue weighted by Crippen LogP contribution is 2.12. The van der Waals surface area contributed by atoms with Crippen LogP contribution in [-0.4, -0.2) is 43.5 Å². The summed E-state index contributed by atoms with van der Waals surface area (Å²) in [5, 5.41) is 8.03. The van der Waals surface area contributed by atoms with E-state index in [1.807, 2.05) is 0 Å². The number of hydrogen-bond acceptors (Lipinski definition) is 7. The van der Waals surface area contributed by atoms with Gasteiger partial charge in [0, 0.05) is 6.54 Å². The van der Waals surface area contributed by atoms with Gasteiger partial charge in [0.25, 0.3) is 5.56 Å². The number of fused-ring (bicyclic) bond motifs is 1. The minimum Gasteiger partial charge on any atom is -0.465 e. The number of hydrogen-bond donors (Lipinski definition) is 3. The SMILES string of the molecule is COC(=O)c1ccc2c(=O)n(CC(=O)NCCc3ccc(S(N)(=O)=O)cc3)c(=S)[nH]c2c1. The number of aromatic amines is 1. The summed E-state index contributed by atoms with van der Waals surface area (Å²) in [5.74, 6) is -0.965. The Morgan fingerprint density at radius 3 is 2.50 bits per heavy atom. The van der Waals surface area contributed by atoms with Crippen molar-refractivity contribution in [2.45, 2.75) is 17.9 Å². The van der Waals surface area contributed by atoms with Gasteiger partial charge in [0.1, 0.15) is 6.54 Å². The molecule has 0 saturated heterocycles. The predicted molar refractivity (Wildman–Crippen MR) is 119 cm³/mol. The molecule has 0 aliphatic carbocycles. The molecular formula is C20H20N4O6S2. The van der Waals surface area contributed by atoms with Crippen molar-refractivity contribution in [3.8, 4) is 0 Å². The lowest BCUT2D eigenvalue weighted by Gasteiger charge is -2.10. The minimum atomic E-state index is -3.76. The van der Waals surface area contributed by atoms with Gasteiger partial charge in [-0.05, 0) is 54.5 Å². The average Bonchev–Trinajstić information content (AvgIpc) is 2.75. The number of H-pyrrole nitrogens is 1. The number of ether oxygens (including phenoxy) is 1. The van der Waals surface area contributed by atoms with Gasteiger partial charge in [0.2, 0.25) is 15.9 Å². The molecule has 4 N–H and O–H groups in total. The molecule has 168 valence electrons. The van der Waals surface area contributed by atoms with Crippen LogP contribution in [0.1, 0.15) is 15.9 Å². The second-order valence-electron chi connectivity index (χ2n) is 6.86. The normalized spacial score (nSPS) is 11.3. The standard InChI is InChI=1S/C20H20N4O6S2/c1-30-19(27)13-4-7-15-16(10-13)23-20(31)24(18(15)26)11-17(25)22-9-8-12-2-5-14(6-3-12)32(21,28)29/h2-7,10H,8-9,11H2,1H3,(H,22,25)(H,23,31)(H2,21,28,29). The number of carbonyl (C=O) groups excluding carboxylic acids is 2. The van der Waals surface area contributed by atoms with Gasteiger partial charge in [-0.15, -0.1) is 0 Å². The fourth-order valence-corrected chi connectivity index (χ4v) is 3.81. The number of primary sulfonamides is 1. The van der Waals surface area contributed by atoms with Crippen molar-refractivity contribution in [2.75, 3.05) is 13.7 Å². The maximum atomic E-state index is 12.8. The Hall–Kier alpha value is -3.35. The lowest BCUT2D eigenvalue weighted by molar-refractivity contribution is -0.121. The Balaban J connectivity index is 1.68. The van der Waals surface area contributed by atoms with Crippen molar-refractivity contribution >= 4 is 45.0 Å². The van der Waals surface area contributed by atoms with Gasteiger partial charge in [-0.3, -0.25) is 14.2 Å². The first-order chi connectivity index (χ1) is 15.1. The molecule has 10 nitrogen and oxygen atoms in total. The molecule has 0 unspecified atom stereocenters. The summed E-state index contributed by atoms with van der Waals surface area (Å²) < 4.78 is 28.4. The highest BCUT2D eigenvalue weighted by molar-refractivity contribution is 7.89. The number of carbonyl (C=O) groups is 2. The smallest absolute Gasteiger partial charge is 0.337 e. The van der Waals surface area contributed by atoms with Crippen molar-refractivity contribution in [2.24, 2.45) is 5.14 Å². The molecule has 3 aromatic rings. The molecule has 12 heteroatoms. The zero-order valence-corrected chi connectivity index (χ0v) is 18.6. The molecule has 3 rings (SSSR count). The van der Waals surface area contributed by atoms with E-state index < -0.39 is 27.5 Å². The third-order valence-corrected chi connectivity index (χ3v) is 5.94. The number of methoxy groups -OCH3 is 1. The van der Waals surface area contributed by atoms with Crippen molar-refractivity contribution in [1.29, 1.82) is 0 Å². The quantitative estimate of drug-likeness (QED) is 0.337. The monoisotopic (exact) mass is 476 g/mol. The van der Waals surface area contributed by atoms with Crippen LogP contribution in [0.4, 0.5) is 0 Å². The van der Waals surface area contributed by atoms with Gasteiger partial charge in [-0.1, -0.05) is 12.1 Å². The zero-order valence-electron chi connectivity index (χ0n) is 17.0. The van der Waals surface area contributed by atoms with Gasteiger partial charge in [0.05, 0.1) is 28.5 Å². The molecule has 1 heterocycles. The molecule has 0 saturated carbocycles. The highest BCUT2D eigenvalue weighted by Gasteiger charge is 2.13. The third-order valence-electron chi connectivity index (χ3n) is 4.69. The van der Waals surface area contributed by atoms with E-state index in [9.17, 15) is 22.8 Å². The number of rotatable bonds is 7. The molecular weight excluding hydrogens is 456 g/mol. The van der Waals surface area contributed by atoms with Crippen molar-refractivity contribution < 1.29 is 22.7 Å². The van der Waals surface area contributed by atoms with E-state index in [0.29, 0.717) is 11.9 Å². The van der Waals surface area contributed by atoms with Crippen LogP contribution in [0.15, 0.2) is 52.2 Å². The molecule has 1 amide bonds. The maximum Gasteiger partial charge on any atom is 0.337 e. The summed E-state index contributed by atoms with van der Waals surface area (Å²) in [6, 6.07) is 10.4. The molecule has 0 atom stereocenters. The average molecular weight is 477 g/mol. The number of amides is 1. The van der Waals surface area contributed by atoms with Crippen LogP contribution >= 0.6 is 12.2 Å². The fourth-order valence-electron chi connectivity index (χ4n) is 3.03. The van der Waals surface area contributed by atoms with E-state index in [0.717, 1.165) is 10.1 Å². The Morgan fingerprint density at radius 1 is 1.19 bits per heavy atom. The first-order valence-corrected chi connectivity index (χ1v) is 11.3. The van der Waals surface area contributed by atoms with E-state index in [1.54, 1.807) is 12.1 Å². The topological polar surface area (TPSA) is 153 Å². The van der Waals surface area contributed by atoms with E-state index >= 15 is 0 Å². The summed E-state index contributed by atoms with van der Waals surface area (Å²) in [5.41, 5.74) is 0.966. The van der Waals surface area contributed by atoms with E-state index in [-0.39, 0.29) is 33.7 Å². The van der Waals surface area contributed by atoms with E-state index in [2.05, 4.69) is 15.0 Å². The number of nitrogens with zero attached hydrogens (tertiary/aromatic N) is 1. The van der Waals surface area contributed by atoms with E-state index in [4.69, 9.17) is 17.4 Å². The Bertz CT molecular complexity index is 1410. The van der Waals surface area contributed by atoms with E-state index in [1.165, 1.54) is 37.4 Å². The Kier molecular flexibility index (Phi) is 6.87. The molecule has 1 aromatic heterocycles. The fraction of sp³-hybridized carbons (Fsp3) is 0.200. The number of esters is 1. The number of benzene rings is 2. The van der Waals surface area contributed by atoms with Crippen LogP contribution in [0.3, 0.4) is 0 Å². The first kappa shape index (κ1) is 23.3. The number of aromatic nitrogens is 2. The summed E-state index contributed by atoms with van der Waals surface area (Å²) in [7, 11) is -2.50. The zero-order chi connectivity index (χ0) is 23.5. The van der Waals surface area contributed by atoms with Crippen LogP contribution in [0.5, 0.6) is 0 Å². The molecule has 2 aromatic carbocycles. The van der Waals surface area contributed by atoms with Crippen LogP contribution in [-0.2, 0) is 32.5 Å². The number of nitrogens with two attached hydrogens (primary N) is 1. The molecule has 0 fully saturated rings. The van der Waals surface area contributed by atoms with Gasteiger partial charge in [0.15, 0.2) is 4.77 Å². The van der Waals surface area contributed by atoms with Crippen LogP contribution in [0, 0.1) is 4.77 Å². The molecule has 0 aliphatic heterocycles. The highest BCUT2D eigenvalue weighted by atomic mass is 32.2. The van der Waals surface area contributed by atoms with Crippen LogP contribution < -0.4 is 16.0 Å². The van der Waals surface area contributed by atoms with Gasteiger partial charge in [-0.25, -0.2) is 18.4 Å². The van der Waals surface area contributed by atoms with Crippen molar-refractivity contribution in [1.82, 2.24) is 14.9 Å². The molecule has 32 heavy (non-hydrogen) atoms. The second-order valence-corrected chi connectivity index (χ2v) is 8.81. The van der Waals surface area contributed by atoms with Crippen LogP contribution in [0.25, 0.3) is 10.9 Å². The molecule has 0 radical (unpaired) electrons. The van der Waals surface area contributed by atoms with Crippen molar-refractivity contribution in [3.05, 3.63) is 68.7 Å². The summed E-state index contributed by atoms with van der Waals surface area (Å²) in [6.45, 7) is -0.0118. The lowest BCUT2D eigenvalue weighted by atomic mass is 10.1. The number of nitrogens with one attached hydrogen (secondary N) is 2. The Morgan fingerprint density at radius 2 is 1.88 bits per heavy atom. The lowest BCUT2D eigenvalue weighted by Crippen LogP contribution is -2.34. The van der Waals surface area contributed by atoms with Gasteiger partial charge in [-0.2, -0.15) is 0 Å². The molecule has 0 aliphatic rings. The van der Waals surface area contributed by atoms with Gasteiger partial charge < -0.3 is 15.0 Å². The van der Waals surface area contributed by atoms with Crippen LogP contribution in [0.2, 0.25) is 0 Å². The third kappa shape index (κ3) is 5.28. The van der Waals surface area contributed by atoms with Crippen molar-refractivity contribution in [3.63, 3.8) is 0 Å². The largest absolute Gasteiger partial charge is 0.465 e. The minimum absolute atomic E-state index is 0.00824. The second kappa shape index (κ2) is 9.42. The summed E-state index contributed by atoms with van der Waals surface area (Å²) in [6.07, 6.45) is 0.451. The number of sulfonamides is 1. The summed E-state index contributed by atoms with van der Waals surface area (Å²) >= 11 is 5.21. The molecule has 0 bridgehead atoms. The maximum absolute atomic E-state index is 12.8. The molecule has 0 spiro atoms. The predicted octanol–water partition coefficient (Wildman–Crippen LogP) is 0.852.